The summed E-state index contributed by atoms with van der Waals surface area (Å²) in [5, 5.41) is 0. The maximum Gasteiger partial charge on any atom is 0.00123 e. The summed E-state index contributed by atoms with van der Waals surface area (Å²) in [7, 11) is 0. The van der Waals surface area contributed by atoms with Crippen LogP contribution >= 0.6 is 0 Å². The Kier molecular flexibility index (Phi) is 4.94. The van der Waals surface area contributed by atoms with Crippen LogP contribution in [0.3, 0.4) is 0 Å². The summed E-state index contributed by atoms with van der Waals surface area (Å²) in [6.07, 6.45) is 4.15. The Labute approximate surface area is 89.9 Å². The third kappa shape index (κ3) is 3.61. The molecule has 0 saturated carbocycles. The molecule has 0 aliphatic carbocycles. The predicted molar refractivity (Wildman–Crippen MR) is 63.5 cm³/mol. The van der Waals surface area contributed by atoms with Crippen molar-refractivity contribution in [1.29, 1.82) is 0 Å². The summed E-state index contributed by atoms with van der Waals surface area (Å²) in [6.45, 7) is 13.5. The second-order valence-corrected chi connectivity index (χ2v) is 5.46. The van der Waals surface area contributed by atoms with Crippen LogP contribution in [0.4, 0.5) is 0 Å². The van der Waals surface area contributed by atoms with Gasteiger partial charge in [-0.25, -0.2) is 0 Å². The van der Waals surface area contributed by atoms with Crippen molar-refractivity contribution >= 4 is 0 Å². The zero-order valence-corrected chi connectivity index (χ0v) is 10.4. The molecule has 0 spiro atoms. The van der Waals surface area contributed by atoms with Gasteiger partial charge in [0.2, 0.25) is 0 Å². The molecule has 0 bridgehead atoms. The monoisotopic (exact) mass is 197 g/mol. The second-order valence-electron chi connectivity index (χ2n) is 5.46. The van der Waals surface area contributed by atoms with Gasteiger partial charge in [-0.05, 0) is 37.1 Å². The molecule has 0 aromatic heterocycles. The highest BCUT2D eigenvalue weighted by atomic mass is 15.1. The van der Waals surface area contributed by atoms with E-state index in [0.29, 0.717) is 0 Å². The first-order valence-electron chi connectivity index (χ1n) is 6.35. The minimum Gasteiger partial charge on any atom is -0.303 e. The van der Waals surface area contributed by atoms with Crippen molar-refractivity contribution in [1.82, 2.24) is 4.90 Å². The second kappa shape index (κ2) is 5.75. The molecular weight excluding hydrogens is 170 g/mol. The van der Waals surface area contributed by atoms with Gasteiger partial charge < -0.3 is 4.90 Å². The van der Waals surface area contributed by atoms with Crippen LogP contribution in [0.2, 0.25) is 0 Å². The Morgan fingerprint density at radius 2 is 2.00 bits per heavy atom. The Morgan fingerprint density at radius 3 is 2.57 bits per heavy atom. The van der Waals surface area contributed by atoms with Crippen molar-refractivity contribution in [2.45, 2.75) is 47.0 Å². The Morgan fingerprint density at radius 1 is 1.29 bits per heavy atom. The van der Waals surface area contributed by atoms with Crippen molar-refractivity contribution in [2.24, 2.45) is 17.8 Å². The summed E-state index contributed by atoms with van der Waals surface area (Å²) in [6, 6.07) is 0. The molecule has 1 saturated heterocycles. The van der Waals surface area contributed by atoms with Gasteiger partial charge in [0, 0.05) is 13.1 Å². The minimum absolute atomic E-state index is 0.863. The molecule has 0 radical (unpaired) electrons. The normalized spacial score (nSPS) is 29.8. The van der Waals surface area contributed by atoms with Gasteiger partial charge in [0.1, 0.15) is 0 Å². The molecule has 2 unspecified atom stereocenters. The van der Waals surface area contributed by atoms with E-state index >= 15 is 0 Å². The molecule has 2 atom stereocenters. The zero-order chi connectivity index (χ0) is 10.6. The average molecular weight is 197 g/mol. The fourth-order valence-electron chi connectivity index (χ4n) is 2.56. The van der Waals surface area contributed by atoms with Crippen LogP contribution in [0.25, 0.3) is 0 Å². The molecule has 1 fully saturated rings. The highest BCUT2D eigenvalue weighted by Gasteiger charge is 2.25. The van der Waals surface area contributed by atoms with Crippen molar-refractivity contribution in [3.8, 4) is 0 Å². The summed E-state index contributed by atoms with van der Waals surface area (Å²) < 4.78 is 0. The molecule has 1 aliphatic heterocycles. The van der Waals surface area contributed by atoms with Crippen LogP contribution in [-0.4, -0.2) is 24.5 Å². The summed E-state index contributed by atoms with van der Waals surface area (Å²) >= 11 is 0. The van der Waals surface area contributed by atoms with E-state index in [1.807, 2.05) is 0 Å². The van der Waals surface area contributed by atoms with Crippen LogP contribution in [0.5, 0.6) is 0 Å². The molecule has 1 aliphatic rings. The van der Waals surface area contributed by atoms with E-state index in [9.17, 15) is 0 Å². The van der Waals surface area contributed by atoms with E-state index in [0.717, 1.165) is 17.8 Å². The molecule has 0 aromatic carbocycles. The van der Waals surface area contributed by atoms with E-state index in [1.165, 1.54) is 38.9 Å². The van der Waals surface area contributed by atoms with E-state index in [-0.39, 0.29) is 0 Å². The smallest absolute Gasteiger partial charge is 0.00123 e. The molecule has 0 amide bonds. The summed E-state index contributed by atoms with van der Waals surface area (Å²) in [4.78, 5) is 2.68. The van der Waals surface area contributed by atoms with Crippen LogP contribution in [0.15, 0.2) is 0 Å². The van der Waals surface area contributed by atoms with Crippen molar-refractivity contribution < 1.29 is 0 Å². The molecule has 1 rings (SSSR count). The van der Waals surface area contributed by atoms with E-state index < -0.39 is 0 Å². The fourth-order valence-corrected chi connectivity index (χ4v) is 2.56. The van der Waals surface area contributed by atoms with Crippen LogP contribution < -0.4 is 0 Å². The van der Waals surface area contributed by atoms with E-state index in [2.05, 4.69) is 32.6 Å². The van der Waals surface area contributed by atoms with E-state index in [4.69, 9.17) is 0 Å². The van der Waals surface area contributed by atoms with Gasteiger partial charge in [0.25, 0.3) is 0 Å². The van der Waals surface area contributed by atoms with E-state index in [1.54, 1.807) is 0 Å². The number of rotatable bonds is 4. The average Bonchev–Trinajstić information content (AvgIpc) is 2.14. The van der Waals surface area contributed by atoms with Gasteiger partial charge in [-0.1, -0.05) is 34.1 Å². The molecule has 0 N–H and O–H groups in total. The third-order valence-corrected chi connectivity index (χ3v) is 3.54. The van der Waals surface area contributed by atoms with Crippen LogP contribution in [0.1, 0.15) is 47.0 Å². The van der Waals surface area contributed by atoms with Crippen molar-refractivity contribution in [2.75, 3.05) is 19.6 Å². The van der Waals surface area contributed by atoms with Gasteiger partial charge in [0.05, 0.1) is 0 Å². The lowest BCUT2D eigenvalue weighted by Crippen LogP contribution is -2.41. The number of piperidine rings is 1. The fraction of sp³-hybridized carbons (Fsp3) is 1.00. The Balaban J connectivity index is 2.37. The summed E-state index contributed by atoms with van der Waals surface area (Å²) in [5.74, 6) is 2.71. The highest BCUT2D eigenvalue weighted by molar-refractivity contribution is 4.78. The first kappa shape index (κ1) is 12.0. The van der Waals surface area contributed by atoms with Gasteiger partial charge in [-0.3, -0.25) is 0 Å². The van der Waals surface area contributed by atoms with Crippen LogP contribution in [0, 0.1) is 17.8 Å². The van der Waals surface area contributed by atoms with Crippen molar-refractivity contribution in [3.63, 3.8) is 0 Å². The lowest BCUT2D eigenvalue weighted by atomic mass is 9.83. The molecular formula is C13H27N. The largest absolute Gasteiger partial charge is 0.303 e. The van der Waals surface area contributed by atoms with Gasteiger partial charge in [-0.2, -0.15) is 0 Å². The molecule has 1 heteroatoms. The molecule has 1 heterocycles. The number of nitrogens with zero attached hydrogens (tertiary/aromatic N) is 1. The first-order chi connectivity index (χ1) is 6.63. The standard InChI is InChI=1S/C13H27N/c1-5-6-7-14-9-12(4)8-13(10-14)11(2)3/h11-13H,5-10H2,1-4H3. The summed E-state index contributed by atoms with van der Waals surface area (Å²) in [5.41, 5.74) is 0. The number of hydrogen-bond donors (Lipinski definition) is 0. The maximum absolute atomic E-state index is 2.68. The SMILES string of the molecule is CCCCN1CC(C)CC(C(C)C)C1. The minimum atomic E-state index is 0.863. The number of likely N-dealkylation sites (tertiary alicyclic amines) is 1. The topological polar surface area (TPSA) is 3.24 Å². The van der Waals surface area contributed by atoms with Gasteiger partial charge >= 0.3 is 0 Å². The zero-order valence-electron chi connectivity index (χ0n) is 10.4. The molecule has 14 heavy (non-hydrogen) atoms. The Bertz CT molecular complexity index is 153. The molecule has 84 valence electrons. The number of hydrogen-bond acceptors (Lipinski definition) is 1. The third-order valence-electron chi connectivity index (χ3n) is 3.54. The first-order valence-corrected chi connectivity index (χ1v) is 6.35. The maximum atomic E-state index is 2.68. The predicted octanol–water partition coefficient (Wildman–Crippen LogP) is 3.40. The van der Waals surface area contributed by atoms with Gasteiger partial charge in [0.15, 0.2) is 0 Å². The highest BCUT2D eigenvalue weighted by Crippen LogP contribution is 2.27. The molecule has 0 aromatic rings. The van der Waals surface area contributed by atoms with Crippen LogP contribution in [-0.2, 0) is 0 Å². The van der Waals surface area contributed by atoms with Crippen molar-refractivity contribution in [3.05, 3.63) is 0 Å². The Hall–Kier alpha value is -0.0400. The quantitative estimate of drug-likeness (QED) is 0.667. The number of unbranched alkanes of at least 4 members (excludes halogenated alkanes) is 1. The van der Waals surface area contributed by atoms with Gasteiger partial charge in [-0.15, -0.1) is 0 Å². The lowest BCUT2D eigenvalue weighted by Gasteiger charge is -2.38. The lowest BCUT2D eigenvalue weighted by molar-refractivity contribution is 0.106. The molecule has 1 nitrogen and oxygen atoms in total.